The first-order valence-electron chi connectivity index (χ1n) is 8.75. The van der Waals surface area contributed by atoms with Gasteiger partial charge in [-0.2, -0.15) is 13.1 Å². The second-order valence-electron chi connectivity index (χ2n) is 6.49. The molecule has 0 radical (unpaired) electrons. The number of nitrogens with one attached hydrogen (secondary N) is 2. The Morgan fingerprint density at radius 2 is 1.83 bits per heavy atom. The van der Waals surface area contributed by atoms with Gasteiger partial charge in [-0.1, -0.05) is 12.8 Å². The van der Waals surface area contributed by atoms with Gasteiger partial charge in [-0.15, -0.1) is 0 Å². The summed E-state index contributed by atoms with van der Waals surface area (Å²) in [6.45, 7) is 3.69. The van der Waals surface area contributed by atoms with Gasteiger partial charge < -0.3 is 10.6 Å². The Bertz CT molecular complexity index is 514. The van der Waals surface area contributed by atoms with Gasteiger partial charge in [0.05, 0.1) is 0 Å². The van der Waals surface area contributed by atoms with E-state index in [2.05, 4.69) is 15.6 Å². The average molecular weight is 366 g/mol. The summed E-state index contributed by atoms with van der Waals surface area (Å²) in [5, 5.41) is 6.67. The molecule has 0 atom stereocenters. The van der Waals surface area contributed by atoms with Crippen LogP contribution < -0.4 is 10.6 Å². The fourth-order valence-corrected chi connectivity index (χ4v) is 4.21. The number of rotatable bonds is 6. The normalized spacial score (nSPS) is 22.2. The minimum atomic E-state index is -4.44. The highest BCUT2D eigenvalue weighted by Gasteiger charge is 2.34. The summed E-state index contributed by atoms with van der Waals surface area (Å²) in [6.07, 6.45) is 5.95. The van der Waals surface area contributed by atoms with Crippen molar-refractivity contribution >= 4 is 16.0 Å². The summed E-state index contributed by atoms with van der Waals surface area (Å²) in [6, 6.07) is 0.473. The number of halogens is 2. The molecule has 1 aliphatic heterocycles. The largest absolute Gasteiger partial charge is 0.357 e. The van der Waals surface area contributed by atoms with Crippen LogP contribution in [0, 0.1) is 5.92 Å². The van der Waals surface area contributed by atoms with Crippen molar-refractivity contribution in [2.24, 2.45) is 10.9 Å². The van der Waals surface area contributed by atoms with Gasteiger partial charge in [-0.25, -0.2) is 8.42 Å². The molecule has 0 unspecified atom stereocenters. The third-order valence-electron chi connectivity index (χ3n) is 4.71. The lowest BCUT2D eigenvalue weighted by molar-refractivity contribution is 0.205. The molecule has 6 nitrogen and oxygen atoms in total. The minimum absolute atomic E-state index is 0.152. The highest BCUT2D eigenvalue weighted by atomic mass is 32.2. The highest BCUT2D eigenvalue weighted by Crippen LogP contribution is 2.23. The summed E-state index contributed by atoms with van der Waals surface area (Å²) in [7, 11) is -4.44. The number of piperidine rings is 1. The molecule has 2 aliphatic rings. The van der Waals surface area contributed by atoms with Gasteiger partial charge in [-0.3, -0.25) is 4.99 Å². The molecule has 0 aromatic carbocycles. The number of sulfonamides is 1. The van der Waals surface area contributed by atoms with E-state index in [4.69, 9.17) is 0 Å². The molecule has 9 heteroatoms. The minimum Gasteiger partial charge on any atom is -0.357 e. The molecule has 140 valence electrons. The Labute approximate surface area is 143 Å². The standard InChI is InChI=1S/C15H28F2N4O2S/c1-2-18-15(20-13-5-3-4-6-13)19-11-12-7-9-21(10-8-12)24(22,23)14(16)17/h12-14H,2-11H2,1H3,(H2,18,19,20). The number of guanidine groups is 1. The molecule has 24 heavy (non-hydrogen) atoms. The molecule has 1 saturated heterocycles. The van der Waals surface area contributed by atoms with E-state index in [1.165, 1.54) is 12.8 Å². The lowest BCUT2D eigenvalue weighted by atomic mass is 9.98. The van der Waals surface area contributed by atoms with Crippen molar-refractivity contribution in [3.05, 3.63) is 0 Å². The van der Waals surface area contributed by atoms with Crippen LogP contribution in [0.5, 0.6) is 0 Å². The van der Waals surface area contributed by atoms with Crippen LogP contribution in [0.1, 0.15) is 45.4 Å². The molecule has 2 rings (SSSR count). The lowest BCUT2D eigenvalue weighted by Crippen LogP contribution is -2.43. The smallest absolute Gasteiger partial charge is 0.350 e. The molecule has 1 saturated carbocycles. The predicted molar refractivity (Wildman–Crippen MR) is 90.6 cm³/mol. The second kappa shape index (κ2) is 8.94. The Balaban J connectivity index is 1.82. The quantitative estimate of drug-likeness (QED) is 0.555. The number of nitrogens with zero attached hydrogens (tertiary/aromatic N) is 2. The van der Waals surface area contributed by atoms with Crippen LogP contribution in [0.3, 0.4) is 0 Å². The summed E-state index contributed by atoms with van der Waals surface area (Å²) in [5.41, 5.74) is 0. The SMILES string of the molecule is CCNC(=NCC1CCN(S(=O)(=O)C(F)F)CC1)NC1CCCC1. The van der Waals surface area contributed by atoms with Gasteiger partial charge >= 0.3 is 5.76 Å². The second-order valence-corrected chi connectivity index (χ2v) is 8.40. The van der Waals surface area contributed by atoms with Crippen molar-refractivity contribution in [2.75, 3.05) is 26.2 Å². The topological polar surface area (TPSA) is 73.8 Å². The van der Waals surface area contributed by atoms with Crippen LogP contribution in [0.25, 0.3) is 0 Å². The van der Waals surface area contributed by atoms with Crippen LogP contribution in [0.4, 0.5) is 8.78 Å². The number of hydrogen-bond acceptors (Lipinski definition) is 3. The van der Waals surface area contributed by atoms with Crippen molar-refractivity contribution in [2.45, 2.75) is 57.2 Å². The summed E-state index contributed by atoms with van der Waals surface area (Å²) in [5.74, 6) is -2.30. The molecule has 1 aliphatic carbocycles. The van der Waals surface area contributed by atoms with Crippen LogP contribution in [0.2, 0.25) is 0 Å². The molecule has 0 aromatic heterocycles. The molecule has 0 aromatic rings. The summed E-state index contributed by atoms with van der Waals surface area (Å²) < 4.78 is 48.9. The van der Waals surface area contributed by atoms with Gasteiger partial charge in [0.25, 0.3) is 10.0 Å². The number of aliphatic imine (C=N–C) groups is 1. The maximum atomic E-state index is 12.6. The first-order chi connectivity index (χ1) is 11.4. The molecule has 0 amide bonds. The van der Waals surface area contributed by atoms with E-state index < -0.39 is 15.8 Å². The van der Waals surface area contributed by atoms with Crippen LogP contribution in [-0.4, -0.2) is 56.7 Å². The van der Waals surface area contributed by atoms with Crippen molar-refractivity contribution < 1.29 is 17.2 Å². The molecule has 1 heterocycles. The summed E-state index contributed by atoms with van der Waals surface area (Å²) >= 11 is 0. The van der Waals surface area contributed by atoms with Gasteiger partial charge in [0.15, 0.2) is 5.96 Å². The monoisotopic (exact) mass is 366 g/mol. The fraction of sp³-hybridized carbons (Fsp3) is 0.933. The third-order valence-corrected chi connectivity index (χ3v) is 6.24. The number of alkyl halides is 2. The summed E-state index contributed by atoms with van der Waals surface area (Å²) in [4.78, 5) is 4.60. The zero-order valence-corrected chi connectivity index (χ0v) is 15.0. The maximum Gasteiger partial charge on any atom is 0.350 e. The van der Waals surface area contributed by atoms with E-state index in [1.54, 1.807) is 0 Å². The van der Waals surface area contributed by atoms with E-state index in [0.29, 0.717) is 25.4 Å². The first-order valence-corrected chi connectivity index (χ1v) is 10.3. The number of hydrogen-bond donors (Lipinski definition) is 2. The lowest BCUT2D eigenvalue weighted by Gasteiger charge is -2.30. The fourth-order valence-electron chi connectivity index (χ4n) is 3.26. The Morgan fingerprint density at radius 1 is 1.21 bits per heavy atom. The van der Waals surface area contributed by atoms with Crippen molar-refractivity contribution in [3.63, 3.8) is 0 Å². The Morgan fingerprint density at radius 3 is 2.38 bits per heavy atom. The van der Waals surface area contributed by atoms with Gasteiger partial charge in [0.2, 0.25) is 0 Å². The third kappa shape index (κ3) is 5.27. The van der Waals surface area contributed by atoms with Gasteiger partial charge in [0, 0.05) is 32.2 Å². The highest BCUT2D eigenvalue weighted by molar-refractivity contribution is 7.89. The first kappa shape index (κ1) is 19.4. The molecular weight excluding hydrogens is 338 g/mol. The van der Waals surface area contributed by atoms with Crippen molar-refractivity contribution in [1.82, 2.24) is 14.9 Å². The molecule has 2 N–H and O–H groups in total. The molecule has 0 bridgehead atoms. The van der Waals surface area contributed by atoms with Crippen molar-refractivity contribution in [3.8, 4) is 0 Å². The van der Waals surface area contributed by atoms with E-state index in [9.17, 15) is 17.2 Å². The molecule has 2 fully saturated rings. The molecule has 0 spiro atoms. The zero-order valence-electron chi connectivity index (χ0n) is 14.2. The maximum absolute atomic E-state index is 12.6. The predicted octanol–water partition coefficient (Wildman–Crippen LogP) is 1.75. The van der Waals surface area contributed by atoms with Gasteiger partial charge in [-0.05, 0) is 38.5 Å². The zero-order chi connectivity index (χ0) is 17.6. The van der Waals surface area contributed by atoms with E-state index in [0.717, 1.165) is 29.7 Å². The van der Waals surface area contributed by atoms with Crippen LogP contribution >= 0.6 is 0 Å². The van der Waals surface area contributed by atoms with E-state index >= 15 is 0 Å². The van der Waals surface area contributed by atoms with Crippen LogP contribution in [-0.2, 0) is 10.0 Å². The van der Waals surface area contributed by atoms with Gasteiger partial charge in [0.1, 0.15) is 0 Å². The Hall–Kier alpha value is -0.960. The molecular formula is C15H28F2N4O2S. The Kier molecular flexibility index (Phi) is 7.21. The van der Waals surface area contributed by atoms with E-state index in [1.807, 2.05) is 6.92 Å². The van der Waals surface area contributed by atoms with E-state index in [-0.39, 0.29) is 19.0 Å². The van der Waals surface area contributed by atoms with Crippen molar-refractivity contribution in [1.29, 1.82) is 0 Å². The van der Waals surface area contributed by atoms with Crippen LogP contribution in [0.15, 0.2) is 4.99 Å². The average Bonchev–Trinajstić information content (AvgIpc) is 3.06.